The second-order valence-corrected chi connectivity index (χ2v) is 5.63. The molecule has 2 aliphatic heterocycles. The van der Waals surface area contributed by atoms with Crippen LogP contribution >= 0.6 is 11.8 Å². The Morgan fingerprint density at radius 1 is 1.32 bits per heavy atom. The number of morpholine rings is 1. The molecule has 0 bridgehead atoms. The highest BCUT2D eigenvalue weighted by molar-refractivity contribution is 8.03. The standard InChI is InChI=1S/C14H16N2O2S/c17-10-12(16-5-7-18-8-6-16)14-9-15-11-3-1-2-4-13(11)19-14/h1-4,9-10,12,15H,5-8H2. The number of carbonyl (C=O) groups is 1. The molecule has 2 heterocycles. The van der Waals surface area contributed by atoms with Gasteiger partial charge in [-0.1, -0.05) is 23.9 Å². The topological polar surface area (TPSA) is 41.6 Å². The van der Waals surface area contributed by atoms with Crippen LogP contribution in [0.3, 0.4) is 0 Å². The zero-order chi connectivity index (χ0) is 13.1. The Balaban J connectivity index is 1.78. The van der Waals surface area contributed by atoms with Crippen LogP contribution in [0.5, 0.6) is 0 Å². The first-order chi connectivity index (χ1) is 9.38. The molecule has 0 saturated carbocycles. The van der Waals surface area contributed by atoms with Crippen LogP contribution in [0.4, 0.5) is 5.69 Å². The fourth-order valence-electron chi connectivity index (χ4n) is 2.31. The van der Waals surface area contributed by atoms with Crippen molar-refractivity contribution in [2.45, 2.75) is 10.9 Å². The van der Waals surface area contributed by atoms with E-state index in [0.29, 0.717) is 13.2 Å². The first-order valence-electron chi connectivity index (χ1n) is 6.39. The molecule has 19 heavy (non-hydrogen) atoms. The molecule has 0 aliphatic carbocycles. The number of anilines is 1. The Bertz CT molecular complexity index is 498. The Hall–Kier alpha value is -1.30. The van der Waals surface area contributed by atoms with Crippen molar-refractivity contribution in [1.29, 1.82) is 0 Å². The molecule has 0 spiro atoms. The Kier molecular flexibility index (Phi) is 3.87. The minimum atomic E-state index is -0.172. The van der Waals surface area contributed by atoms with E-state index in [1.807, 2.05) is 24.4 Å². The molecule has 0 aromatic heterocycles. The molecular formula is C14H16N2O2S. The highest BCUT2D eigenvalue weighted by atomic mass is 32.2. The average molecular weight is 276 g/mol. The van der Waals surface area contributed by atoms with Crippen molar-refractivity contribution < 1.29 is 9.53 Å². The third kappa shape index (κ3) is 2.68. The number of nitrogens with zero attached hydrogens (tertiary/aromatic N) is 1. The summed E-state index contributed by atoms with van der Waals surface area (Å²) in [6.07, 6.45) is 2.97. The lowest BCUT2D eigenvalue weighted by atomic mass is 10.2. The van der Waals surface area contributed by atoms with Crippen molar-refractivity contribution in [3.8, 4) is 0 Å². The highest BCUT2D eigenvalue weighted by Gasteiger charge is 2.26. The summed E-state index contributed by atoms with van der Waals surface area (Å²) in [6.45, 7) is 3.02. The molecule has 1 aromatic rings. The van der Waals surface area contributed by atoms with Crippen molar-refractivity contribution in [1.82, 2.24) is 4.90 Å². The molecule has 4 nitrogen and oxygen atoms in total. The SMILES string of the molecule is O=CC(C1=CNc2ccccc2S1)N1CCOCC1. The van der Waals surface area contributed by atoms with Crippen LogP contribution in [0, 0.1) is 0 Å². The number of para-hydroxylation sites is 1. The predicted octanol–water partition coefficient (Wildman–Crippen LogP) is 1.95. The lowest BCUT2D eigenvalue weighted by Crippen LogP contribution is -2.45. The highest BCUT2D eigenvalue weighted by Crippen LogP contribution is 2.38. The summed E-state index contributed by atoms with van der Waals surface area (Å²) in [5, 5.41) is 3.27. The molecule has 3 rings (SSSR count). The number of benzene rings is 1. The number of rotatable bonds is 3. The largest absolute Gasteiger partial charge is 0.379 e. The monoisotopic (exact) mass is 276 g/mol. The van der Waals surface area contributed by atoms with Crippen LogP contribution in [-0.4, -0.2) is 43.5 Å². The Morgan fingerprint density at radius 2 is 2.11 bits per heavy atom. The van der Waals surface area contributed by atoms with Gasteiger partial charge in [0.25, 0.3) is 0 Å². The van der Waals surface area contributed by atoms with Crippen LogP contribution < -0.4 is 5.32 Å². The van der Waals surface area contributed by atoms with E-state index in [2.05, 4.69) is 16.3 Å². The zero-order valence-electron chi connectivity index (χ0n) is 10.5. The maximum Gasteiger partial charge on any atom is 0.142 e. The second-order valence-electron chi connectivity index (χ2n) is 4.52. The van der Waals surface area contributed by atoms with Crippen molar-refractivity contribution in [2.24, 2.45) is 0 Å². The van der Waals surface area contributed by atoms with Gasteiger partial charge in [-0.25, -0.2) is 0 Å². The number of thioether (sulfide) groups is 1. The molecule has 5 heteroatoms. The van der Waals surface area contributed by atoms with Gasteiger partial charge in [0.05, 0.1) is 24.9 Å². The number of ether oxygens (including phenoxy) is 1. The number of nitrogens with one attached hydrogen (secondary N) is 1. The van der Waals surface area contributed by atoms with E-state index in [4.69, 9.17) is 4.74 Å². The number of carbonyl (C=O) groups excluding carboxylic acids is 1. The fraction of sp³-hybridized carbons (Fsp3) is 0.357. The quantitative estimate of drug-likeness (QED) is 0.855. The lowest BCUT2D eigenvalue weighted by molar-refractivity contribution is -0.112. The number of fused-ring (bicyclic) bond motifs is 1. The van der Waals surface area contributed by atoms with E-state index in [-0.39, 0.29) is 6.04 Å². The molecule has 0 amide bonds. The smallest absolute Gasteiger partial charge is 0.142 e. The van der Waals surface area contributed by atoms with Gasteiger partial charge in [0.1, 0.15) is 6.29 Å². The second kappa shape index (κ2) is 5.77. The van der Waals surface area contributed by atoms with Gasteiger partial charge in [-0.3, -0.25) is 4.90 Å². The van der Waals surface area contributed by atoms with Crippen molar-refractivity contribution in [2.75, 3.05) is 31.6 Å². The first-order valence-corrected chi connectivity index (χ1v) is 7.21. The van der Waals surface area contributed by atoms with E-state index in [1.165, 1.54) is 4.90 Å². The predicted molar refractivity (Wildman–Crippen MR) is 76.2 cm³/mol. The molecule has 1 N–H and O–H groups in total. The maximum absolute atomic E-state index is 11.5. The number of aldehydes is 1. The van der Waals surface area contributed by atoms with E-state index in [0.717, 1.165) is 30.0 Å². The summed E-state index contributed by atoms with van der Waals surface area (Å²) in [4.78, 5) is 15.8. The van der Waals surface area contributed by atoms with Gasteiger partial charge < -0.3 is 14.8 Å². The Labute approximate surface area is 116 Å². The van der Waals surface area contributed by atoms with Gasteiger partial charge in [-0.15, -0.1) is 0 Å². The van der Waals surface area contributed by atoms with Crippen LogP contribution in [0.1, 0.15) is 0 Å². The van der Waals surface area contributed by atoms with Crippen molar-refractivity contribution in [3.05, 3.63) is 35.4 Å². The Morgan fingerprint density at radius 3 is 2.89 bits per heavy atom. The van der Waals surface area contributed by atoms with Gasteiger partial charge in [0.15, 0.2) is 0 Å². The fourth-order valence-corrected chi connectivity index (χ4v) is 3.40. The summed E-state index contributed by atoms with van der Waals surface area (Å²) in [5.74, 6) is 0. The van der Waals surface area contributed by atoms with Crippen LogP contribution in [0.25, 0.3) is 0 Å². The molecular weight excluding hydrogens is 260 g/mol. The van der Waals surface area contributed by atoms with E-state index in [1.54, 1.807) is 11.8 Å². The molecule has 100 valence electrons. The molecule has 0 radical (unpaired) electrons. The van der Waals surface area contributed by atoms with Gasteiger partial charge in [0, 0.05) is 29.1 Å². The number of hydrogen-bond donors (Lipinski definition) is 1. The third-order valence-corrected chi connectivity index (χ3v) is 4.52. The summed E-state index contributed by atoms with van der Waals surface area (Å²) >= 11 is 1.67. The summed E-state index contributed by atoms with van der Waals surface area (Å²) in [7, 11) is 0. The first kappa shape index (κ1) is 12.7. The van der Waals surface area contributed by atoms with E-state index >= 15 is 0 Å². The van der Waals surface area contributed by atoms with E-state index < -0.39 is 0 Å². The van der Waals surface area contributed by atoms with Crippen molar-refractivity contribution in [3.63, 3.8) is 0 Å². The zero-order valence-corrected chi connectivity index (χ0v) is 11.4. The van der Waals surface area contributed by atoms with Gasteiger partial charge in [0.2, 0.25) is 0 Å². The average Bonchev–Trinajstić information content (AvgIpc) is 2.49. The molecule has 1 saturated heterocycles. The molecule has 1 unspecified atom stereocenters. The van der Waals surface area contributed by atoms with Crippen LogP contribution in [0.2, 0.25) is 0 Å². The minimum Gasteiger partial charge on any atom is -0.379 e. The normalized spacial score (nSPS) is 20.9. The third-order valence-electron chi connectivity index (χ3n) is 3.34. The summed E-state index contributed by atoms with van der Waals surface area (Å²) < 4.78 is 5.34. The van der Waals surface area contributed by atoms with Crippen molar-refractivity contribution >= 4 is 23.7 Å². The maximum atomic E-state index is 11.5. The molecule has 1 fully saturated rings. The molecule has 1 atom stereocenters. The molecule has 2 aliphatic rings. The van der Waals surface area contributed by atoms with Gasteiger partial charge >= 0.3 is 0 Å². The van der Waals surface area contributed by atoms with E-state index in [9.17, 15) is 4.79 Å². The minimum absolute atomic E-state index is 0.172. The van der Waals surface area contributed by atoms with Gasteiger partial charge in [-0.2, -0.15) is 0 Å². The summed E-state index contributed by atoms with van der Waals surface area (Å²) in [5.41, 5.74) is 1.10. The lowest BCUT2D eigenvalue weighted by Gasteiger charge is -2.33. The summed E-state index contributed by atoms with van der Waals surface area (Å²) in [6, 6.07) is 7.96. The molecule has 1 aromatic carbocycles. The van der Waals surface area contributed by atoms with Crippen LogP contribution in [0.15, 0.2) is 40.3 Å². The van der Waals surface area contributed by atoms with Gasteiger partial charge in [-0.05, 0) is 12.1 Å². The number of hydrogen-bond acceptors (Lipinski definition) is 5. The van der Waals surface area contributed by atoms with Crippen LogP contribution in [-0.2, 0) is 9.53 Å².